The van der Waals surface area contributed by atoms with E-state index in [-0.39, 0.29) is 0 Å². The van der Waals surface area contributed by atoms with Crippen LogP contribution in [0.2, 0.25) is 0 Å². The minimum Gasteiger partial charge on any atom is -0.481 e. The highest BCUT2D eigenvalue weighted by atomic mass is 35.5. The molecule has 0 aromatic heterocycles. The molecule has 78 valence electrons. The molecule has 1 rings (SSSR count). The van der Waals surface area contributed by atoms with Gasteiger partial charge in [-0.2, -0.15) is 0 Å². The van der Waals surface area contributed by atoms with Gasteiger partial charge in [-0.3, -0.25) is 4.79 Å². The Bertz CT molecular complexity index is 236. The number of rotatable bonds is 0. The van der Waals surface area contributed by atoms with E-state index in [1.54, 1.807) is 0 Å². The lowest BCUT2D eigenvalue weighted by Crippen LogP contribution is -1.96. The molecule has 0 atom stereocenters. The van der Waals surface area contributed by atoms with Gasteiger partial charge >= 0.3 is 11.9 Å². The number of carbonyl (C=O) groups excluding carboxylic acids is 2. The van der Waals surface area contributed by atoms with Crippen molar-refractivity contribution in [2.75, 3.05) is 0 Å². The van der Waals surface area contributed by atoms with Crippen LogP contribution >= 0.6 is 11.6 Å². The molecule has 0 aliphatic carbocycles. The summed E-state index contributed by atoms with van der Waals surface area (Å²) in [6, 6.07) is 0. The van der Waals surface area contributed by atoms with Crippen LogP contribution in [-0.2, 0) is 19.1 Å². The summed E-state index contributed by atoms with van der Waals surface area (Å²) >= 11 is 4.76. The SMILES string of the molecule is C=CCl.CC(=O)O.O=C1C=CC(=O)O1. The van der Waals surface area contributed by atoms with Crippen LogP contribution in [0, 0.1) is 0 Å². The Hall–Kier alpha value is -1.62. The van der Waals surface area contributed by atoms with Gasteiger partial charge in [-0.25, -0.2) is 9.59 Å². The van der Waals surface area contributed by atoms with E-state index in [2.05, 4.69) is 11.3 Å². The van der Waals surface area contributed by atoms with Gasteiger partial charge in [0.15, 0.2) is 0 Å². The molecule has 1 heterocycles. The van der Waals surface area contributed by atoms with Gasteiger partial charge in [0.1, 0.15) is 0 Å². The molecule has 14 heavy (non-hydrogen) atoms. The van der Waals surface area contributed by atoms with Crippen molar-refractivity contribution >= 4 is 29.5 Å². The molecule has 0 unspecified atom stereocenters. The first-order valence-corrected chi connectivity index (χ1v) is 3.72. The monoisotopic (exact) mass is 220 g/mol. The van der Waals surface area contributed by atoms with Gasteiger partial charge in [-0.05, 0) is 5.54 Å². The molecule has 0 radical (unpaired) electrons. The summed E-state index contributed by atoms with van der Waals surface area (Å²) < 4.78 is 3.97. The van der Waals surface area contributed by atoms with Crippen LogP contribution in [0.1, 0.15) is 6.92 Å². The molecule has 0 bridgehead atoms. The Balaban J connectivity index is 0. The molecule has 1 aliphatic rings. The van der Waals surface area contributed by atoms with Gasteiger partial charge in [0, 0.05) is 19.1 Å². The Morgan fingerprint density at radius 2 is 1.71 bits per heavy atom. The van der Waals surface area contributed by atoms with Crippen molar-refractivity contribution in [2.24, 2.45) is 0 Å². The third kappa shape index (κ3) is 16.8. The van der Waals surface area contributed by atoms with Crippen molar-refractivity contribution in [1.29, 1.82) is 0 Å². The Kier molecular flexibility index (Phi) is 10.1. The second kappa shape index (κ2) is 9.47. The summed E-state index contributed by atoms with van der Waals surface area (Å²) in [5, 5.41) is 7.42. The third-order valence-electron chi connectivity index (χ3n) is 0.557. The molecule has 5 nitrogen and oxygen atoms in total. The number of carboxylic acid groups (broad SMARTS) is 1. The summed E-state index contributed by atoms with van der Waals surface area (Å²) in [4.78, 5) is 28.8. The lowest BCUT2D eigenvalue weighted by molar-refractivity contribution is -0.150. The second-order valence-corrected chi connectivity index (χ2v) is 2.06. The maximum absolute atomic E-state index is 9.92. The molecule has 6 heteroatoms. The normalized spacial score (nSPS) is 11.6. The zero-order chi connectivity index (χ0) is 11.6. The van der Waals surface area contributed by atoms with Crippen LogP contribution in [0.15, 0.2) is 24.3 Å². The number of hydrogen-bond donors (Lipinski definition) is 1. The highest BCUT2D eigenvalue weighted by Gasteiger charge is 2.10. The molecule has 0 saturated carbocycles. The Morgan fingerprint density at radius 3 is 1.79 bits per heavy atom. The molecule has 0 fully saturated rings. The first-order valence-electron chi connectivity index (χ1n) is 3.28. The molecule has 0 amide bonds. The number of carboxylic acids is 1. The molecule has 1 aliphatic heterocycles. The number of ether oxygens (including phenoxy) is 1. The van der Waals surface area contributed by atoms with Gasteiger partial charge in [0.05, 0.1) is 0 Å². The minimum atomic E-state index is -0.833. The molecule has 0 aromatic carbocycles. The lowest BCUT2D eigenvalue weighted by atomic mass is 10.6. The quantitative estimate of drug-likeness (QED) is 0.488. The van der Waals surface area contributed by atoms with E-state index in [4.69, 9.17) is 21.5 Å². The summed E-state index contributed by atoms with van der Waals surface area (Å²) in [5.41, 5.74) is 1.22. The van der Waals surface area contributed by atoms with Crippen molar-refractivity contribution in [3.05, 3.63) is 24.3 Å². The average Bonchev–Trinajstić information content (AvgIpc) is 2.34. The zero-order valence-electron chi connectivity index (χ0n) is 7.40. The number of esters is 2. The van der Waals surface area contributed by atoms with E-state index in [9.17, 15) is 9.59 Å². The third-order valence-corrected chi connectivity index (χ3v) is 0.557. The Labute approximate surface area is 85.6 Å². The lowest BCUT2D eigenvalue weighted by Gasteiger charge is -1.80. The van der Waals surface area contributed by atoms with Gasteiger partial charge in [-0.15, -0.1) is 0 Å². The second-order valence-electron chi connectivity index (χ2n) is 1.75. The molecule has 0 spiro atoms. The van der Waals surface area contributed by atoms with Crippen LogP contribution in [0.3, 0.4) is 0 Å². The van der Waals surface area contributed by atoms with Crippen LogP contribution in [0.25, 0.3) is 0 Å². The van der Waals surface area contributed by atoms with Crippen molar-refractivity contribution in [2.45, 2.75) is 6.92 Å². The average molecular weight is 221 g/mol. The van der Waals surface area contributed by atoms with Crippen LogP contribution in [-0.4, -0.2) is 23.0 Å². The van der Waals surface area contributed by atoms with Crippen LogP contribution < -0.4 is 0 Å². The predicted octanol–water partition coefficient (Wildman–Crippen LogP) is 1.09. The molecule has 1 N–H and O–H groups in total. The van der Waals surface area contributed by atoms with Crippen molar-refractivity contribution in [3.63, 3.8) is 0 Å². The number of aliphatic carboxylic acids is 1. The Morgan fingerprint density at radius 1 is 1.50 bits per heavy atom. The van der Waals surface area contributed by atoms with Crippen molar-refractivity contribution in [1.82, 2.24) is 0 Å². The van der Waals surface area contributed by atoms with E-state index < -0.39 is 17.9 Å². The topological polar surface area (TPSA) is 80.7 Å². The maximum atomic E-state index is 9.92. The summed E-state index contributed by atoms with van der Waals surface area (Å²) in [5.74, 6) is -1.99. The van der Waals surface area contributed by atoms with Crippen molar-refractivity contribution < 1.29 is 24.2 Å². The minimum absolute atomic E-state index is 0.579. The first kappa shape index (κ1) is 14.9. The summed E-state index contributed by atoms with van der Waals surface area (Å²) in [6.45, 7) is 4.21. The first-order chi connectivity index (χ1) is 6.43. The fourth-order valence-corrected chi connectivity index (χ4v) is 0.303. The summed E-state index contributed by atoms with van der Waals surface area (Å²) in [6.07, 6.45) is 2.17. The van der Waals surface area contributed by atoms with E-state index in [1.165, 1.54) is 5.54 Å². The van der Waals surface area contributed by atoms with Crippen LogP contribution in [0.5, 0.6) is 0 Å². The number of halogens is 1. The highest BCUT2D eigenvalue weighted by molar-refractivity contribution is 6.25. The predicted molar refractivity (Wildman–Crippen MR) is 49.6 cm³/mol. The molecular formula is C8H9ClO5. The van der Waals surface area contributed by atoms with Crippen LogP contribution in [0.4, 0.5) is 0 Å². The number of hydrogen-bond acceptors (Lipinski definition) is 4. The van der Waals surface area contributed by atoms with Gasteiger partial charge in [0.2, 0.25) is 0 Å². The maximum Gasteiger partial charge on any atom is 0.338 e. The molecule has 0 saturated heterocycles. The largest absolute Gasteiger partial charge is 0.481 e. The van der Waals surface area contributed by atoms with Gasteiger partial charge < -0.3 is 9.84 Å². The van der Waals surface area contributed by atoms with Crippen molar-refractivity contribution in [3.8, 4) is 0 Å². The number of cyclic esters (lactones) is 2. The highest BCUT2D eigenvalue weighted by Crippen LogP contribution is 1.92. The van der Waals surface area contributed by atoms with E-state index in [0.29, 0.717) is 0 Å². The molecular weight excluding hydrogens is 212 g/mol. The smallest absolute Gasteiger partial charge is 0.338 e. The standard InChI is InChI=1S/C4H2O3.C2H3Cl.C2H4O2/c5-3-1-2-4(6)7-3;1-2-3;1-2(3)4/h1-2H;2H,1H2;1H3,(H,3,4). The van der Waals surface area contributed by atoms with Gasteiger partial charge in [-0.1, -0.05) is 18.2 Å². The van der Waals surface area contributed by atoms with E-state index >= 15 is 0 Å². The van der Waals surface area contributed by atoms with E-state index in [0.717, 1.165) is 19.1 Å². The fourth-order valence-electron chi connectivity index (χ4n) is 0.303. The van der Waals surface area contributed by atoms with Gasteiger partial charge in [0.25, 0.3) is 5.97 Å². The fraction of sp³-hybridized carbons (Fsp3) is 0.125. The number of carbonyl (C=O) groups is 3. The molecule has 0 aromatic rings. The summed E-state index contributed by atoms with van der Waals surface area (Å²) in [7, 11) is 0. The van der Waals surface area contributed by atoms with E-state index in [1.807, 2.05) is 0 Å². The zero-order valence-corrected chi connectivity index (χ0v) is 8.15.